The predicted molar refractivity (Wildman–Crippen MR) is 66.6 cm³/mol. The summed E-state index contributed by atoms with van der Waals surface area (Å²) in [5.74, 6) is 0.773. The zero-order chi connectivity index (χ0) is 11.3. The first kappa shape index (κ1) is 10.9. The molecule has 2 aliphatic rings. The molecule has 4 heteroatoms. The van der Waals surface area contributed by atoms with Crippen LogP contribution in [-0.4, -0.2) is 10.8 Å². The van der Waals surface area contributed by atoms with Crippen molar-refractivity contribution in [1.29, 1.82) is 0 Å². The quantitative estimate of drug-likeness (QED) is 0.530. The molecule has 84 valence electrons. The molecule has 15 heavy (non-hydrogen) atoms. The second-order valence-corrected chi connectivity index (χ2v) is 5.97. The van der Waals surface area contributed by atoms with Gasteiger partial charge in [0.2, 0.25) is 0 Å². The minimum atomic E-state index is 0.232. The van der Waals surface area contributed by atoms with E-state index in [1.165, 1.54) is 18.6 Å². The smallest absolute Gasteiger partial charge is 0.184 e. The van der Waals surface area contributed by atoms with Crippen LogP contribution in [0.2, 0.25) is 0 Å². The van der Waals surface area contributed by atoms with E-state index in [4.69, 9.17) is 18.0 Å². The average Bonchev–Trinajstić information content (AvgIpc) is 2.46. The lowest BCUT2D eigenvalue weighted by molar-refractivity contribution is 0.193. The van der Waals surface area contributed by atoms with Crippen molar-refractivity contribution in [2.75, 3.05) is 0 Å². The minimum Gasteiger partial charge on any atom is -0.375 e. The molecular formula is C11H19N3S. The molecule has 2 saturated carbocycles. The molecule has 2 rings (SSSR count). The Kier molecular flexibility index (Phi) is 2.30. The number of nitrogens with one attached hydrogen (secondary N) is 1. The Balaban J connectivity index is 2.26. The lowest BCUT2D eigenvalue weighted by Gasteiger charge is -2.34. The Labute approximate surface area is 96.5 Å². The van der Waals surface area contributed by atoms with E-state index in [2.05, 4.69) is 31.3 Å². The summed E-state index contributed by atoms with van der Waals surface area (Å²) < 4.78 is 0. The van der Waals surface area contributed by atoms with Gasteiger partial charge in [-0.25, -0.2) is 0 Å². The number of fused-ring (bicyclic) bond motifs is 2. The molecule has 0 spiro atoms. The maximum Gasteiger partial charge on any atom is 0.184 e. The highest BCUT2D eigenvalue weighted by molar-refractivity contribution is 7.80. The summed E-state index contributed by atoms with van der Waals surface area (Å²) >= 11 is 4.77. The van der Waals surface area contributed by atoms with Crippen LogP contribution in [0.15, 0.2) is 5.10 Å². The van der Waals surface area contributed by atoms with E-state index < -0.39 is 0 Å². The van der Waals surface area contributed by atoms with Gasteiger partial charge < -0.3 is 5.73 Å². The van der Waals surface area contributed by atoms with Crippen LogP contribution in [0.3, 0.4) is 0 Å². The van der Waals surface area contributed by atoms with E-state index in [1.807, 2.05) is 0 Å². The molecule has 0 saturated heterocycles. The highest BCUT2D eigenvalue weighted by Gasteiger charge is 2.59. The maximum atomic E-state index is 5.39. The van der Waals surface area contributed by atoms with E-state index >= 15 is 0 Å². The molecule has 2 atom stereocenters. The lowest BCUT2D eigenvalue weighted by atomic mass is 9.70. The third-order valence-electron chi connectivity index (χ3n) is 4.81. The fourth-order valence-corrected chi connectivity index (χ4v) is 3.27. The van der Waals surface area contributed by atoms with Gasteiger partial charge in [0.15, 0.2) is 5.11 Å². The van der Waals surface area contributed by atoms with Crippen LogP contribution in [0.5, 0.6) is 0 Å². The molecule has 0 aromatic rings. The molecule has 0 radical (unpaired) electrons. The van der Waals surface area contributed by atoms with E-state index in [0.717, 1.165) is 12.3 Å². The molecular weight excluding hydrogens is 206 g/mol. The lowest BCUT2D eigenvalue weighted by Crippen LogP contribution is -2.35. The number of hydrogen-bond donors (Lipinski definition) is 2. The maximum absolute atomic E-state index is 5.39. The summed E-state index contributed by atoms with van der Waals surface area (Å²) in [4.78, 5) is 0. The van der Waals surface area contributed by atoms with Crippen LogP contribution in [0.1, 0.15) is 40.0 Å². The summed E-state index contributed by atoms with van der Waals surface area (Å²) in [7, 11) is 0. The summed E-state index contributed by atoms with van der Waals surface area (Å²) in [5.41, 5.74) is 9.97. The van der Waals surface area contributed by atoms with Crippen LogP contribution in [0.4, 0.5) is 0 Å². The zero-order valence-electron chi connectivity index (χ0n) is 9.63. The zero-order valence-corrected chi connectivity index (χ0v) is 10.4. The van der Waals surface area contributed by atoms with Gasteiger partial charge in [-0.1, -0.05) is 20.8 Å². The Morgan fingerprint density at radius 1 is 1.53 bits per heavy atom. The molecule has 2 fully saturated rings. The van der Waals surface area contributed by atoms with Crippen LogP contribution >= 0.6 is 12.2 Å². The third kappa shape index (κ3) is 1.38. The Hall–Kier alpha value is -0.640. The Morgan fingerprint density at radius 3 is 2.60 bits per heavy atom. The molecule has 0 amide bonds. The number of thiocarbonyl (C=S) groups is 1. The van der Waals surface area contributed by atoms with Gasteiger partial charge in [-0.2, -0.15) is 5.10 Å². The van der Waals surface area contributed by atoms with Crippen molar-refractivity contribution in [1.82, 2.24) is 5.43 Å². The van der Waals surface area contributed by atoms with Gasteiger partial charge in [0, 0.05) is 11.1 Å². The second kappa shape index (κ2) is 3.17. The van der Waals surface area contributed by atoms with Crippen molar-refractivity contribution in [3.05, 3.63) is 0 Å². The Bertz CT molecular complexity index is 335. The van der Waals surface area contributed by atoms with Gasteiger partial charge >= 0.3 is 0 Å². The molecule has 2 aliphatic carbocycles. The fourth-order valence-electron chi connectivity index (χ4n) is 3.22. The van der Waals surface area contributed by atoms with Crippen molar-refractivity contribution in [3.63, 3.8) is 0 Å². The van der Waals surface area contributed by atoms with Gasteiger partial charge in [0.1, 0.15) is 0 Å². The third-order valence-corrected chi connectivity index (χ3v) is 4.90. The summed E-state index contributed by atoms with van der Waals surface area (Å²) in [6.07, 6.45) is 3.66. The Morgan fingerprint density at radius 2 is 2.20 bits per heavy atom. The predicted octanol–water partition coefficient (Wildman–Crippen LogP) is 2.02. The minimum absolute atomic E-state index is 0.232. The summed E-state index contributed by atoms with van der Waals surface area (Å²) in [6, 6.07) is 0. The molecule has 2 bridgehead atoms. The van der Waals surface area contributed by atoms with Crippen LogP contribution in [0.25, 0.3) is 0 Å². The number of nitrogens with zero attached hydrogens (tertiary/aromatic N) is 1. The van der Waals surface area contributed by atoms with Gasteiger partial charge in [-0.3, -0.25) is 5.43 Å². The monoisotopic (exact) mass is 225 g/mol. The molecule has 0 aliphatic heterocycles. The number of rotatable bonds is 1. The van der Waals surface area contributed by atoms with Gasteiger partial charge in [0.25, 0.3) is 0 Å². The summed E-state index contributed by atoms with van der Waals surface area (Å²) in [5, 5.41) is 4.63. The van der Waals surface area contributed by atoms with Crippen molar-refractivity contribution in [2.45, 2.75) is 40.0 Å². The van der Waals surface area contributed by atoms with E-state index in [0.29, 0.717) is 5.41 Å². The van der Waals surface area contributed by atoms with Crippen molar-refractivity contribution < 1.29 is 0 Å². The van der Waals surface area contributed by atoms with Crippen molar-refractivity contribution in [2.24, 2.45) is 27.6 Å². The number of nitrogens with two attached hydrogens (primary N) is 1. The second-order valence-electron chi connectivity index (χ2n) is 5.53. The molecule has 3 N–H and O–H groups in total. The van der Waals surface area contributed by atoms with Gasteiger partial charge in [-0.15, -0.1) is 0 Å². The van der Waals surface area contributed by atoms with E-state index in [1.54, 1.807) is 0 Å². The average molecular weight is 225 g/mol. The standard InChI is InChI=1S/C11H19N3S/c1-10(2)7-4-5-11(10,3)8(6-7)13-14-9(12)15/h7H,4-6H2,1-3H3,(H3,12,14,15)/t7-,11+/m1/s1. The molecule has 0 aromatic carbocycles. The molecule has 3 nitrogen and oxygen atoms in total. The number of hydrazone groups is 1. The highest BCUT2D eigenvalue weighted by atomic mass is 32.1. The topological polar surface area (TPSA) is 50.4 Å². The van der Waals surface area contributed by atoms with Crippen molar-refractivity contribution >= 4 is 23.0 Å². The summed E-state index contributed by atoms with van der Waals surface area (Å²) in [6.45, 7) is 7.03. The first-order valence-electron chi connectivity index (χ1n) is 5.50. The van der Waals surface area contributed by atoms with Gasteiger partial charge in [-0.05, 0) is 42.8 Å². The fraction of sp³-hybridized carbons (Fsp3) is 0.818. The first-order chi connectivity index (χ1) is 6.88. The van der Waals surface area contributed by atoms with E-state index in [-0.39, 0.29) is 10.5 Å². The van der Waals surface area contributed by atoms with Crippen LogP contribution < -0.4 is 11.2 Å². The largest absolute Gasteiger partial charge is 0.375 e. The highest BCUT2D eigenvalue weighted by Crippen LogP contribution is 2.63. The molecule has 0 heterocycles. The molecule has 0 aromatic heterocycles. The van der Waals surface area contributed by atoms with Gasteiger partial charge in [0.05, 0.1) is 0 Å². The molecule has 0 unspecified atom stereocenters. The first-order valence-corrected chi connectivity index (χ1v) is 5.91. The van der Waals surface area contributed by atoms with Crippen molar-refractivity contribution in [3.8, 4) is 0 Å². The van der Waals surface area contributed by atoms with Crippen LogP contribution in [0, 0.1) is 16.7 Å². The normalized spacial score (nSPS) is 39.7. The van der Waals surface area contributed by atoms with Crippen LogP contribution in [-0.2, 0) is 0 Å². The SMILES string of the molecule is CC1(C)[C@@H]2CC[C@@]1(C)C(=NNC(N)=S)C2. The number of hydrogen-bond acceptors (Lipinski definition) is 2. The van der Waals surface area contributed by atoms with E-state index in [9.17, 15) is 0 Å².